The lowest BCUT2D eigenvalue weighted by Crippen LogP contribution is -2.40. The first-order chi connectivity index (χ1) is 9.29. The number of hydrogen-bond acceptors (Lipinski definition) is 2. The smallest absolute Gasteiger partial charge is 0.254 e. The van der Waals surface area contributed by atoms with Gasteiger partial charge in [-0.25, -0.2) is 0 Å². The van der Waals surface area contributed by atoms with Crippen molar-refractivity contribution in [3.63, 3.8) is 0 Å². The quantitative estimate of drug-likeness (QED) is 0.830. The molecule has 0 spiro atoms. The molecule has 0 unspecified atom stereocenters. The summed E-state index contributed by atoms with van der Waals surface area (Å²) >= 11 is 0. The molecule has 2 saturated carbocycles. The molecular weight excluding hydrogens is 238 g/mol. The van der Waals surface area contributed by atoms with Gasteiger partial charge in [-0.1, -0.05) is 18.9 Å². The second-order valence-electron chi connectivity index (χ2n) is 5.61. The zero-order valence-corrected chi connectivity index (χ0v) is 11.5. The minimum atomic E-state index is 0.188. The van der Waals surface area contributed by atoms with Crippen LogP contribution in [-0.4, -0.2) is 30.0 Å². The van der Waals surface area contributed by atoms with Crippen LogP contribution in [0.25, 0.3) is 0 Å². The van der Waals surface area contributed by atoms with Gasteiger partial charge in [0.1, 0.15) is 5.75 Å². The summed E-state index contributed by atoms with van der Waals surface area (Å²) in [4.78, 5) is 14.9. The maximum atomic E-state index is 12.8. The predicted molar refractivity (Wildman–Crippen MR) is 74.4 cm³/mol. The predicted octanol–water partition coefficient (Wildman–Crippen LogP) is 3.24. The lowest BCUT2D eigenvalue weighted by molar-refractivity contribution is 0.0664. The standard InChI is InChI=1S/C16H21NO2/c1-19-15-8-4-5-12(11-15)16(18)17(14-9-10-14)13-6-2-3-7-13/h4-5,8,11,13-14H,2-3,6-7,9-10H2,1H3. The first kappa shape index (κ1) is 12.5. The van der Waals surface area contributed by atoms with Crippen LogP contribution in [0.4, 0.5) is 0 Å². The average molecular weight is 259 g/mol. The van der Waals surface area contributed by atoms with Crippen LogP contribution in [-0.2, 0) is 0 Å². The van der Waals surface area contributed by atoms with Gasteiger partial charge in [-0.3, -0.25) is 4.79 Å². The molecule has 3 heteroatoms. The highest BCUT2D eigenvalue weighted by atomic mass is 16.5. The molecule has 1 amide bonds. The van der Waals surface area contributed by atoms with Crippen LogP contribution in [0.15, 0.2) is 24.3 Å². The van der Waals surface area contributed by atoms with Gasteiger partial charge in [-0.15, -0.1) is 0 Å². The Balaban J connectivity index is 1.82. The molecular formula is C16H21NO2. The molecule has 1 aromatic carbocycles. The van der Waals surface area contributed by atoms with Crippen molar-refractivity contribution in [2.24, 2.45) is 0 Å². The lowest BCUT2D eigenvalue weighted by Gasteiger charge is -2.29. The maximum Gasteiger partial charge on any atom is 0.254 e. The van der Waals surface area contributed by atoms with Gasteiger partial charge in [-0.2, -0.15) is 0 Å². The molecule has 3 rings (SSSR count). The molecule has 0 heterocycles. The van der Waals surface area contributed by atoms with Crippen molar-refractivity contribution in [3.05, 3.63) is 29.8 Å². The highest BCUT2D eigenvalue weighted by Crippen LogP contribution is 2.35. The molecule has 19 heavy (non-hydrogen) atoms. The van der Waals surface area contributed by atoms with E-state index in [1.54, 1.807) is 7.11 Å². The van der Waals surface area contributed by atoms with E-state index in [1.165, 1.54) is 38.5 Å². The Hall–Kier alpha value is -1.51. The van der Waals surface area contributed by atoms with Gasteiger partial charge in [0.2, 0.25) is 0 Å². The number of hydrogen-bond donors (Lipinski definition) is 0. The number of ether oxygens (including phenoxy) is 1. The van der Waals surface area contributed by atoms with Crippen LogP contribution in [0.5, 0.6) is 5.75 Å². The van der Waals surface area contributed by atoms with Crippen molar-refractivity contribution < 1.29 is 9.53 Å². The van der Waals surface area contributed by atoms with E-state index in [4.69, 9.17) is 4.74 Å². The lowest BCUT2D eigenvalue weighted by atomic mass is 10.1. The molecule has 3 nitrogen and oxygen atoms in total. The van der Waals surface area contributed by atoms with E-state index in [2.05, 4.69) is 4.90 Å². The van der Waals surface area contributed by atoms with E-state index >= 15 is 0 Å². The fourth-order valence-electron chi connectivity index (χ4n) is 3.07. The van der Waals surface area contributed by atoms with Crippen LogP contribution in [0.2, 0.25) is 0 Å². The number of nitrogens with zero attached hydrogens (tertiary/aromatic N) is 1. The number of carbonyl (C=O) groups excluding carboxylic acids is 1. The SMILES string of the molecule is COc1cccc(C(=O)N(C2CCCC2)C2CC2)c1. The first-order valence-corrected chi connectivity index (χ1v) is 7.26. The fourth-order valence-corrected chi connectivity index (χ4v) is 3.07. The average Bonchev–Trinajstić information content (AvgIpc) is 3.13. The van der Waals surface area contributed by atoms with Crippen LogP contribution < -0.4 is 4.74 Å². The van der Waals surface area contributed by atoms with E-state index in [-0.39, 0.29) is 5.91 Å². The second-order valence-corrected chi connectivity index (χ2v) is 5.61. The molecule has 0 aliphatic heterocycles. The summed E-state index contributed by atoms with van der Waals surface area (Å²) in [6.45, 7) is 0. The van der Waals surface area contributed by atoms with Crippen LogP contribution in [0.1, 0.15) is 48.9 Å². The molecule has 0 aromatic heterocycles. The summed E-state index contributed by atoms with van der Waals surface area (Å²) in [6, 6.07) is 8.48. The zero-order chi connectivity index (χ0) is 13.2. The Morgan fingerprint density at radius 3 is 2.47 bits per heavy atom. The number of rotatable bonds is 4. The highest BCUT2D eigenvalue weighted by Gasteiger charge is 2.38. The molecule has 2 aliphatic rings. The third-order valence-electron chi connectivity index (χ3n) is 4.21. The van der Waals surface area contributed by atoms with E-state index < -0.39 is 0 Å². The van der Waals surface area contributed by atoms with Crippen molar-refractivity contribution in [2.45, 2.75) is 50.6 Å². The molecule has 2 fully saturated rings. The number of benzene rings is 1. The summed E-state index contributed by atoms with van der Waals surface area (Å²) < 4.78 is 5.22. The normalized spacial score (nSPS) is 19.4. The topological polar surface area (TPSA) is 29.5 Å². The summed E-state index contributed by atoms with van der Waals surface area (Å²) in [7, 11) is 1.64. The van der Waals surface area contributed by atoms with Gasteiger partial charge >= 0.3 is 0 Å². The monoisotopic (exact) mass is 259 g/mol. The van der Waals surface area contributed by atoms with Gasteiger partial charge in [0.15, 0.2) is 0 Å². The van der Waals surface area contributed by atoms with E-state index in [0.29, 0.717) is 12.1 Å². The molecule has 0 radical (unpaired) electrons. The van der Waals surface area contributed by atoms with Crippen molar-refractivity contribution in [1.29, 1.82) is 0 Å². The minimum absolute atomic E-state index is 0.188. The fraction of sp³-hybridized carbons (Fsp3) is 0.562. The molecule has 0 saturated heterocycles. The van der Waals surface area contributed by atoms with Gasteiger partial charge < -0.3 is 9.64 Å². The maximum absolute atomic E-state index is 12.8. The van der Waals surface area contributed by atoms with Crippen LogP contribution in [0.3, 0.4) is 0 Å². The summed E-state index contributed by atoms with van der Waals surface area (Å²) in [6.07, 6.45) is 7.22. The summed E-state index contributed by atoms with van der Waals surface area (Å²) in [5.74, 6) is 0.946. The number of amides is 1. The summed E-state index contributed by atoms with van der Waals surface area (Å²) in [5, 5.41) is 0. The van der Waals surface area contributed by atoms with Gasteiger partial charge in [0.25, 0.3) is 5.91 Å². The molecule has 2 aliphatic carbocycles. The molecule has 0 atom stereocenters. The Kier molecular flexibility index (Phi) is 3.45. The molecule has 1 aromatic rings. The highest BCUT2D eigenvalue weighted by molar-refractivity contribution is 5.95. The summed E-state index contributed by atoms with van der Waals surface area (Å²) in [5.41, 5.74) is 0.762. The minimum Gasteiger partial charge on any atom is -0.497 e. The van der Waals surface area contributed by atoms with Gasteiger partial charge in [0, 0.05) is 17.6 Å². The Morgan fingerprint density at radius 1 is 1.16 bits per heavy atom. The number of carbonyl (C=O) groups is 1. The Bertz CT molecular complexity index is 462. The molecule has 0 bridgehead atoms. The second kappa shape index (κ2) is 5.24. The van der Waals surface area contributed by atoms with Crippen molar-refractivity contribution in [2.75, 3.05) is 7.11 Å². The largest absolute Gasteiger partial charge is 0.497 e. The molecule has 102 valence electrons. The van der Waals surface area contributed by atoms with Crippen molar-refractivity contribution >= 4 is 5.91 Å². The van der Waals surface area contributed by atoms with Gasteiger partial charge in [0.05, 0.1) is 7.11 Å². The zero-order valence-electron chi connectivity index (χ0n) is 11.5. The van der Waals surface area contributed by atoms with E-state index in [0.717, 1.165) is 11.3 Å². The third kappa shape index (κ3) is 2.60. The molecule has 0 N–H and O–H groups in total. The number of methoxy groups -OCH3 is 1. The first-order valence-electron chi connectivity index (χ1n) is 7.26. The van der Waals surface area contributed by atoms with Crippen molar-refractivity contribution in [3.8, 4) is 5.75 Å². The van der Waals surface area contributed by atoms with Crippen LogP contribution >= 0.6 is 0 Å². The van der Waals surface area contributed by atoms with E-state index in [1.807, 2.05) is 24.3 Å². The van der Waals surface area contributed by atoms with Crippen LogP contribution in [0, 0.1) is 0 Å². The van der Waals surface area contributed by atoms with Gasteiger partial charge in [-0.05, 0) is 43.9 Å². The Labute approximate surface area is 114 Å². The van der Waals surface area contributed by atoms with E-state index in [9.17, 15) is 4.79 Å². The third-order valence-corrected chi connectivity index (χ3v) is 4.21. The van der Waals surface area contributed by atoms with Crippen molar-refractivity contribution in [1.82, 2.24) is 4.90 Å². The Morgan fingerprint density at radius 2 is 1.84 bits per heavy atom.